The molecule has 3 nitrogen and oxygen atoms in total. The van der Waals surface area contributed by atoms with Crippen LogP contribution in [0, 0.1) is 6.92 Å². The van der Waals surface area contributed by atoms with Crippen LogP contribution in [-0.4, -0.2) is 11.6 Å². The molecule has 0 fully saturated rings. The number of ether oxygens (including phenoxy) is 1. The minimum atomic E-state index is -0.448. The third kappa shape index (κ3) is 3.93. The zero-order chi connectivity index (χ0) is 12.3. The van der Waals surface area contributed by atoms with Crippen molar-refractivity contribution in [2.75, 3.05) is 5.73 Å². The highest BCUT2D eigenvalue weighted by Crippen LogP contribution is 2.16. The topological polar surface area (TPSA) is 52.3 Å². The van der Waals surface area contributed by atoms with Crippen molar-refractivity contribution in [1.29, 1.82) is 0 Å². The molecule has 1 aromatic rings. The van der Waals surface area contributed by atoms with Gasteiger partial charge in [0, 0.05) is 5.69 Å². The highest BCUT2D eigenvalue weighted by molar-refractivity contribution is 5.75. The average molecular weight is 221 g/mol. The Morgan fingerprint density at radius 1 is 1.38 bits per heavy atom. The Kier molecular flexibility index (Phi) is 3.58. The van der Waals surface area contributed by atoms with Crippen molar-refractivity contribution in [2.24, 2.45) is 0 Å². The van der Waals surface area contributed by atoms with Crippen LogP contribution < -0.4 is 5.73 Å². The minimum Gasteiger partial charge on any atom is -0.460 e. The molecule has 0 saturated carbocycles. The van der Waals surface area contributed by atoms with Gasteiger partial charge in [-0.05, 0) is 44.9 Å². The van der Waals surface area contributed by atoms with E-state index in [9.17, 15) is 4.79 Å². The molecule has 2 N–H and O–H groups in total. The van der Waals surface area contributed by atoms with Crippen LogP contribution in [0.25, 0.3) is 0 Å². The molecular weight excluding hydrogens is 202 g/mol. The van der Waals surface area contributed by atoms with E-state index >= 15 is 0 Å². The van der Waals surface area contributed by atoms with E-state index in [1.165, 1.54) is 0 Å². The fourth-order valence-corrected chi connectivity index (χ4v) is 1.41. The van der Waals surface area contributed by atoms with Gasteiger partial charge in [0.2, 0.25) is 0 Å². The van der Waals surface area contributed by atoms with Crippen molar-refractivity contribution in [3.05, 3.63) is 29.3 Å². The van der Waals surface area contributed by atoms with Gasteiger partial charge in [-0.3, -0.25) is 4.79 Å². The van der Waals surface area contributed by atoms with Crippen molar-refractivity contribution >= 4 is 11.7 Å². The van der Waals surface area contributed by atoms with Crippen LogP contribution in [0.3, 0.4) is 0 Å². The van der Waals surface area contributed by atoms with Gasteiger partial charge in [-0.25, -0.2) is 0 Å². The number of hydrogen-bond donors (Lipinski definition) is 1. The van der Waals surface area contributed by atoms with Crippen molar-refractivity contribution in [3.63, 3.8) is 0 Å². The third-order valence-corrected chi connectivity index (χ3v) is 2.06. The van der Waals surface area contributed by atoms with Gasteiger partial charge in [0.15, 0.2) is 0 Å². The maximum Gasteiger partial charge on any atom is 0.310 e. The second-order valence-corrected chi connectivity index (χ2v) is 4.97. The van der Waals surface area contributed by atoms with E-state index in [-0.39, 0.29) is 12.4 Å². The Bertz CT molecular complexity index is 391. The number of rotatable bonds is 2. The number of esters is 1. The molecular formula is C13H19NO2. The van der Waals surface area contributed by atoms with Crippen LogP contribution in [0.4, 0.5) is 5.69 Å². The Hall–Kier alpha value is -1.51. The normalized spacial score (nSPS) is 11.2. The summed E-state index contributed by atoms with van der Waals surface area (Å²) in [5.41, 5.74) is 7.93. The van der Waals surface area contributed by atoms with Gasteiger partial charge in [-0.2, -0.15) is 0 Å². The number of carbonyl (C=O) groups is 1. The Morgan fingerprint density at radius 2 is 2.00 bits per heavy atom. The van der Waals surface area contributed by atoms with Crippen LogP contribution in [-0.2, 0) is 16.0 Å². The zero-order valence-corrected chi connectivity index (χ0v) is 10.3. The van der Waals surface area contributed by atoms with Gasteiger partial charge < -0.3 is 10.5 Å². The zero-order valence-electron chi connectivity index (χ0n) is 10.3. The summed E-state index contributed by atoms with van der Waals surface area (Å²) in [5.74, 6) is -0.247. The molecule has 0 aliphatic carbocycles. The number of benzene rings is 1. The van der Waals surface area contributed by atoms with Crippen molar-refractivity contribution in [3.8, 4) is 0 Å². The van der Waals surface area contributed by atoms with Crippen molar-refractivity contribution < 1.29 is 9.53 Å². The van der Waals surface area contributed by atoms with E-state index < -0.39 is 5.60 Å². The summed E-state index contributed by atoms with van der Waals surface area (Å²) in [6, 6.07) is 5.67. The lowest BCUT2D eigenvalue weighted by atomic mass is 10.1. The largest absolute Gasteiger partial charge is 0.460 e. The summed E-state index contributed by atoms with van der Waals surface area (Å²) in [5, 5.41) is 0. The molecule has 0 unspecified atom stereocenters. The molecule has 0 bridgehead atoms. The molecule has 1 aromatic carbocycles. The summed E-state index contributed by atoms with van der Waals surface area (Å²) in [4.78, 5) is 11.6. The number of anilines is 1. The summed E-state index contributed by atoms with van der Waals surface area (Å²) in [6.45, 7) is 7.52. The van der Waals surface area contributed by atoms with Crippen molar-refractivity contribution in [1.82, 2.24) is 0 Å². The van der Waals surface area contributed by atoms with Crippen LogP contribution >= 0.6 is 0 Å². The molecule has 0 aromatic heterocycles. The van der Waals surface area contributed by atoms with E-state index in [4.69, 9.17) is 10.5 Å². The molecule has 0 spiro atoms. The number of nitrogen functional groups attached to an aromatic ring is 1. The maximum absolute atomic E-state index is 11.6. The van der Waals surface area contributed by atoms with Gasteiger partial charge in [0.25, 0.3) is 0 Å². The highest BCUT2D eigenvalue weighted by Gasteiger charge is 2.17. The first-order chi connectivity index (χ1) is 7.28. The van der Waals surface area contributed by atoms with Gasteiger partial charge in [-0.15, -0.1) is 0 Å². The van der Waals surface area contributed by atoms with E-state index in [2.05, 4.69) is 0 Å². The highest BCUT2D eigenvalue weighted by atomic mass is 16.6. The molecule has 0 atom stereocenters. The van der Waals surface area contributed by atoms with Crippen LogP contribution in [0.2, 0.25) is 0 Å². The lowest BCUT2D eigenvalue weighted by Crippen LogP contribution is -2.25. The molecule has 3 heteroatoms. The van der Waals surface area contributed by atoms with E-state index in [0.29, 0.717) is 5.69 Å². The van der Waals surface area contributed by atoms with E-state index in [0.717, 1.165) is 11.1 Å². The average Bonchev–Trinajstić information content (AvgIpc) is 2.06. The lowest BCUT2D eigenvalue weighted by Gasteiger charge is -2.19. The molecule has 0 heterocycles. The summed E-state index contributed by atoms with van der Waals surface area (Å²) >= 11 is 0. The first kappa shape index (κ1) is 12.6. The molecule has 0 aliphatic rings. The van der Waals surface area contributed by atoms with Crippen LogP contribution in [0.5, 0.6) is 0 Å². The number of nitrogens with two attached hydrogens (primary N) is 1. The van der Waals surface area contributed by atoms with Crippen LogP contribution in [0.15, 0.2) is 18.2 Å². The quantitative estimate of drug-likeness (QED) is 0.616. The summed E-state index contributed by atoms with van der Waals surface area (Å²) in [7, 11) is 0. The molecule has 16 heavy (non-hydrogen) atoms. The minimum absolute atomic E-state index is 0.226. The molecule has 0 amide bonds. The third-order valence-electron chi connectivity index (χ3n) is 2.06. The Balaban J connectivity index is 2.70. The van der Waals surface area contributed by atoms with Gasteiger partial charge in [-0.1, -0.05) is 12.1 Å². The van der Waals surface area contributed by atoms with Crippen LogP contribution in [0.1, 0.15) is 31.9 Å². The van der Waals surface area contributed by atoms with Crippen molar-refractivity contribution in [2.45, 2.75) is 39.7 Å². The summed E-state index contributed by atoms with van der Waals surface area (Å²) < 4.78 is 5.23. The second kappa shape index (κ2) is 4.56. The number of hydrogen-bond acceptors (Lipinski definition) is 3. The fourth-order valence-electron chi connectivity index (χ4n) is 1.41. The predicted molar refractivity (Wildman–Crippen MR) is 65.1 cm³/mol. The molecule has 88 valence electrons. The Labute approximate surface area is 96.6 Å². The second-order valence-electron chi connectivity index (χ2n) is 4.97. The van der Waals surface area contributed by atoms with Gasteiger partial charge in [0.05, 0.1) is 6.42 Å². The van der Waals surface area contributed by atoms with Gasteiger partial charge in [0.1, 0.15) is 5.60 Å². The number of aryl methyl sites for hydroxylation is 1. The molecule has 1 rings (SSSR count). The first-order valence-corrected chi connectivity index (χ1v) is 5.35. The van der Waals surface area contributed by atoms with E-state index in [1.54, 1.807) is 0 Å². The monoisotopic (exact) mass is 221 g/mol. The fraction of sp³-hybridized carbons (Fsp3) is 0.462. The smallest absolute Gasteiger partial charge is 0.310 e. The lowest BCUT2D eigenvalue weighted by molar-refractivity contribution is -0.153. The van der Waals surface area contributed by atoms with E-state index in [1.807, 2.05) is 45.9 Å². The summed E-state index contributed by atoms with van der Waals surface area (Å²) in [6.07, 6.45) is 0.226. The predicted octanol–water partition coefficient (Wildman–Crippen LogP) is 2.46. The molecule has 0 saturated heterocycles. The molecule has 0 radical (unpaired) electrons. The standard InChI is InChI=1S/C13H19NO2/c1-9-5-6-10(11(14)7-9)8-12(15)16-13(2,3)4/h5-7H,8,14H2,1-4H3. The number of carbonyl (C=O) groups excluding carboxylic acids is 1. The SMILES string of the molecule is Cc1ccc(CC(=O)OC(C)(C)C)c(N)c1. The maximum atomic E-state index is 11.6. The van der Waals surface area contributed by atoms with Gasteiger partial charge >= 0.3 is 5.97 Å². The Morgan fingerprint density at radius 3 is 2.50 bits per heavy atom. The first-order valence-electron chi connectivity index (χ1n) is 5.35. The molecule has 0 aliphatic heterocycles.